The number of allylic oxidation sites excluding steroid dienone is 2. The summed E-state index contributed by atoms with van der Waals surface area (Å²) in [5.41, 5.74) is 0. The van der Waals surface area contributed by atoms with Crippen LogP contribution in [0.25, 0.3) is 0 Å². The zero-order valence-corrected chi connectivity index (χ0v) is 8.07. The van der Waals surface area contributed by atoms with Crippen molar-refractivity contribution in [2.75, 3.05) is 0 Å². The molecule has 13 heavy (non-hydrogen) atoms. The molecule has 1 aromatic rings. The normalized spacial score (nSPS) is 10.2. The van der Waals surface area contributed by atoms with Crippen molar-refractivity contribution in [3.8, 4) is 5.75 Å². The Labute approximate surface area is 79.2 Å². The predicted molar refractivity (Wildman–Crippen MR) is 54.8 cm³/mol. The molecule has 0 radical (unpaired) electrons. The van der Waals surface area contributed by atoms with Gasteiger partial charge in [0.15, 0.2) is 0 Å². The van der Waals surface area contributed by atoms with Gasteiger partial charge in [0.25, 0.3) is 0 Å². The highest BCUT2D eigenvalue weighted by Crippen LogP contribution is 2.02. The Kier molecular flexibility index (Phi) is 6.42. The number of hydrogen-bond acceptors (Lipinski definition) is 2. The molecule has 0 saturated carbocycles. The molecule has 0 aliphatic heterocycles. The maximum absolute atomic E-state index is 8.63. The van der Waals surface area contributed by atoms with Crippen LogP contribution in [0.15, 0.2) is 42.2 Å². The fourth-order valence-electron chi connectivity index (χ4n) is 0.723. The molecule has 0 aliphatic rings. The SMILES string of the molecule is CC/C=C(/C)O.Oc1ccccc1. The summed E-state index contributed by atoms with van der Waals surface area (Å²) >= 11 is 0. The third kappa shape index (κ3) is 8.47. The van der Waals surface area contributed by atoms with E-state index in [2.05, 4.69) is 0 Å². The molecule has 0 heterocycles. The number of aliphatic hydroxyl groups is 1. The average molecular weight is 180 g/mol. The summed E-state index contributed by atoms with van der Waals surface area (Å²) in [5.74, 6) is 0.736. The number of rotatable bonds is 1. The van der Waals surface area contributed by atoms with Gasteiger partial charge in [0.2, 0.25) is 0 Å². The van der Waals surface area contributed by atoms with Gasteiger partial charge in [-0.05, 0) is 31.6 Å². The first-order valence-corrected chi connectivity index (χ1v) is 4.26. The third-order valence-corrected chi connectivity index (χ3v) is 1.26. The summed E-state index contributed by atoms with van der Waals surface area (Å²) in [4.78, 5) is 0. The topological polar surface area (TPSA) is 40.5 Å². The van der Waals surface area contributed by atoms with Crippen molar-refractivity contribution >= 4 is 0 Å². The molecule has 2 N–H and O–H groups in total. The largest absolute Gasteiger partial charge is 0.513 e. The summed E-state index contributed by atoms with van der Waals surface area (Å²) in [7, 11) is 0. The average Bonchev–Trinajstić information content (AvgIpc) is 2.06. The second-order valence-corrected chi connectivity index (χ2v) is 2.59. The minimum absolute atomic E-state index is 0.322. The molecule has 0 amide bonds. The summed E-state index contributed by atoms with van der Waals surface area (Å²) in [6.45, 7) is 3.66. The molecular formula is C11H16O2. The highest BCUT2D eigenvalue weighted by molar-refractivity contribution is 5.18. The zero-order valence-electron chi connectivity index (χ0n) is 8.07. The minimum atomic E-state index is 0.322. The van der Waals surface area contributed by atoms with Crippen molar-refractivity contribution in [3.05, 3.63) is 42.2 Å². The Hall–Kier alpha value is -1.44. The summed E-state index contributed by atoms with van der Waals surface area (Å²) in [5, 5.41) is 17.0. The van der Waals surface area contributed by atoms with Crippen LogP contribution >= 0.6 is 0 Å². The maximum atomic E-state index is 8.63. The number of phenolic OH excluding ortho intramolecular Hbond substituents is 1. The summed E-state index contributed by atoms with van der Waals surface area (Å²) < 4.78 is 0. The molecule has 0 saturated heterocycles. The highest BCUT2D eigenvalue weighted by atomic mass is 16.3. The Morgan fingerprint density at radius 2 is 1.85 bits per heavy atom. The lowest BCUT2D eigenvalue weighted by atomic mass is 10.3. The van der Waals surface area contributed by atoms with Crippen LogP contribution in [0.4, 0.5) is 0 Å². The Balaban J connectivity index is 0.000000226. The number of phenols is 1. The smallest absolute Gasteiger partial charge is 0.115 e. The molecule has 0 unspecified atom stereocenters. The van der Waals surface area contributed by atoms with Crippen LogP contribution in [0.5, 0.6) is 5.75 Å². The lowest BCUT2D eigenvalue weighted by Crippen LogP contribution is -1.64. The lowest BCUT2D eigenvalue weighted by molar-refractivity contribution is 0.412. The third-order valence-electron chi connectivity index (χ3n) is 1.26. The van der Waals surface area contributed by atoms with E-state index in [-0.39, 0.29) is 0 Å². The van der Waals surface area contributed by atoms with Crippen LogP contribution in [-0.4, -0.2) is 10.2 Å². The first-order valence-electron chi connectivity index (χ1n) is 4.26. The van der Waals surface area contributed by atoms with Crippen LogP contribution in [-0.2, 0) is 0 Å². The van der Waals surface area contributed by atoms with Gasteiger partial charge >= 0.3 is 0 Å². The van der Waals surface area contributed by atoms with Gasteiger partial charge in [-0.25, -0.2) is 0 Å². The van der Waals surface area contributed by atoms with E-state index in [4.69, 9.17) is 10.2 Å². The summed E-state index contributed by atoms with van der Waals surface area (Å²) in [6.07, 6.45) is 2.68. The van der Waals surface area contributed by atoms with Gasteiger partial charge in [-0.15, -0.1) is 0 Å². The van der Waals surface area contributed by atoms with Crippen molar-refractivity contribution in [1.29, 1.82) is 0 Å². The van der Waals surface area contributed by atoms with Crippen LogP contribution < -0.4 is 0 Å². The van der Waals surface area contributed by atoms with E-state index in [1.807, 2.05) is 13.0 Å². The lowest BCUT2D eigenvalue weighted by Gasteiger charge is -1.82. The number of para-hydroxylation sites is 1. The first kappa shape index (κ1) is 11.6. The molecule has 0 aromatic heterocycles. The van der Waals surface area contributed by atoms with E-state index < -0.39 is 0 Å². The van der Waals surface area contributed by atoms with Gasteiger partial charge in [-0.3, -0.25) is 0 Å². The van der Waals surface area contributed by atoms with Gasteiger partial charge in [-0.2, -0.15) is 0 Å². The van der Waals surface area contributed by atoms with Gasteiger partial charge in [-0.1, -0.05) is 25.1 Å². The molecule has 72 valence electrons. The second-order valence-electron chi connectivity index (χ2n) is 2.59. The van der Waals surface area contributed by atoms with Gasteiger partial charge in [0, 0.05) is 0 Å². The zero-order chi connectivity index (χ0) is 10.1. The van der Waals surface area contributed by atoms with E-state index in [0.29, 0.717) is 11.5 Å². The van der Waals surface area contributed by atoms with Crippen molar-refractivity contribution in [1.82, 2.24) is 0 Å². The van der Waals surface area contributed by atoms with Crippen LogP contribution in [0.2, 0.25) is 0 Å². The first-order chi connectivity index (χ1) is 6.16. The van der Waals surface area contributed by atoms with E-state index in [1.54, 1.807) is 37.3 Å². The second kappa shape index (κ2) is 7.22. The molecule has 1 aromatic carbocycles. The van der Waals surface area contributed by atoms with Crippen molar-refractivity contribution in [2.24, 2.45) is 0 Å². The number of aromatic hydroxyl groups is 1. The van der Waals surface area contributed by atoms with Gasteiger partial charge in [0.05, 0.1) is 5.76 Å². The monoisotopic (exact) mass is 180 g/mol. The Bertz CT molecular complexity index is 236. The molecule has 2 nitrogen and oxygen atoms in total. The molecule has 0 bridgehead atoms. The summed E-state index contributed by atoms with van der Waals surface area (Å²) in [6, 6.07) is 8.71. The molecular weight excluding hydrogens is 164 g/mol. The number of benzene rings is 1. The highest BCUT2D eigenvalue weighted by Gasteiger charge is 1.74. The Morgan fingerprint density at radius 3 is 2.00 bits per heavy atom. The standard InChI is InChI=1S/C6H6O.C5H10O/c7-6-4-2-1-3-5-6;1-3-4-5(2)6/h1-5,7H;4,6H,3H2,1-2H3/b;5-4-. The molecule has 0 atom stereocenters. The quantitative estimate of drug-likeness (QED) is 0.651. The Morgan fingerprint density at radius 1 is 1.31 bits per heavy atom. The van der Waals surface area contributed by atoms with E-state index in [0.717, 1.165) is 6.42 Å². The van der Waals surface area contributed by atoms with Crippen LogP contribution in [0.3, 0.4) is 0 Å². The molecule has 0 fully saturated rings. The number of aliphatic hydroxyl groups excluding tert-OH is 1. The van der Waals surface area contributed by atoms with Gasteiger partial charge in [0.1, 0.15) is 5.75 Å². The van der Waals surface area contributed by atoms with E-state index >= 15 is 0 Å². The molecule has 1 rings (SSSR count). The van der Waals surface area contributed by atoms with Crippen molar-refractivity contribution in [3.63, 3.8) is 0 Å². The number of hydrogen-bond donors (Lipinski definition) is 2. The fraction of sp³-hybridized carbons (Fsp3) is 0.273. The van der Waals surface area contributed by atoms with Crippen LogP contribution in [0.1, 0.15) is 20.3 Å². The minimum Gasteiger partial charge on any atom is -0.513 e. The molecule has 2 heteroatoms. The molecule has 0 aliphatic carbocycles. The van der Waals surface area contributed by atoms with E-state index in [1.165, 1.54) is 0 Å². The van der Waals surface area contributed by atoms with E-state index in [9.17, 15) is 0 Å². The molecule has 0 spiro atoms. The predicted octanol–water partition coefficient (Wildman–Crippen LogP) is 3.25. The fourth-order valence-corrected chi connectivity index (χ4v) is 0.723. The van der Waals surface area contributed by atoms with Crippen LogP contribution in [0, 0.1) is 0 Å². The van der Waals surface area contributed by atoms with Gasteiger partial charge < -0.3 is 10.2 Å². The van der Waals surface area contributed by atoms with Crippen molar-refractivity contribution in [2.45, 2.75) is 20.3 Å². The van der Waals surface area contributed by atoms with Crippen molar-refractivity contribution < 1.29 is 10.2 Å². The maximum Gasteiger partial charge on any atom is 0.115 e.